The fourth-order valence-electron chi connectivity index (χ4n) is 1.44. The van der Waals surface area contributed by atoms with Crippen molar-refractivity contribution >= 4 is 11.4 Å². The van der Waals surface area contributed by atoms with Crippen LogP contribution < -0.4 is 10.2 Å². The molecule has 1 fully saturated rings. The van der Waals surface area contributed by atoms with Crippen molar-refractivity contribution < 1.29 is 0 Å². The van der Waals surface area contributed by atoms with Gasteiger partial charge in [0.05, 0.1) is 18.0 Å². The van der Waals surface area contributed by atoms with Gasteiger partial charge < -0.3 is 10.2 Å². The van der Waals surface area contributed by atoms with Crippen molar-refractivity contribution in [3.8, 4) is 0 Å². The second kappa shape index (κ2) is 3.88. The van der Waals surface area contributed by atoms with Gasteiger partial charge in [-0.1, -0.05) is 12.1 Å². The molecule has 0 saturated carbocycles. The quantitative estimate of drug-likeness (QED) is 0.726. The number of rotatable bonds is 4. The van der Waals surface area contributed by atoms with Crippen molar-refractivity contribution in [1.82, 2.24) is 4.90 Å². The van der Waals surface area contributed by atoms with Crippen LogP contribution in [-0.2, 0) is 0 Å². The van der Waals surface area contributed by atoms with Crippen molar-refractivity contribution in [2.75, 3.05) is 44.1 Å². The fourth-order valence-corrected chi connectivity index (χ4v) is 1.44. The molecule has 1 aromatic carbocycles. The number of hydrogen-bond donors (Lipinski definition) is 1. The van der Waals surface area contributed by atoms with Gasteiger partial charge in [0, 0.05) is 27.2 Å². The van der Waals surface area contributed by atoms with Gasteiger partial charge in [-0.2, -0.15) is 0 Å². The van der Waals surface area contributed by atoms with E-state index in [0.717, 1.165) is 6.67 Å². The standard InChI is InChI=1S/C11H17N3/c1-13(2)11-6-4-3-5-10(11)12-9-14-7-8-14/h3-6,12H,7-9H2,1-2H3. The van der Waals surface area contributed by atoms with Crippen LogP contribution in [0.4, 0.5) is 11.4 Å². The molecule has 1 aliphatic rings. The second-order valence-electron chi connectivity index (χ2n) is 3.86. The Morgan fingerprint density at radius 3 is 2.64 bits per heavy atom. The van der Waals surface area contributed by atoms with Crippen LogP contribution >= 0.6 is 0 Å². The Kier molecular flexibility index (Phi) is 2.59. The average molecular weight is 191 g/mol. The van der Waals surface area contributed by atoms with Crippen LogP contribution in [0, 0.1) is 0 Å². The van der Waals surface area contributed by atoms with Gasteiger partial charge in [0.2, 0.25) is 0 Å². The lowest BCUT2D eigenvalue weighted by Crippen LogP contribution is -2.15. The molecule has 0 atom stereocenters. The number of hydrogen-bond acceptors (Lipinski definition) is 3. The van der Waals surface area contributed by atoms with Crippen LogP contribution in [-0.4, -0.2) is 38.8 Å². The highest BCUT2D eigenvalue weighted by Crippen LogP contribution is 2.23. The lowest BCUT2D eigenvalue weighted by Gasteiger charge is -2.18. The summed E-state index contributed by atoms with van der Waals surface area (Å²) in [6.07, 6.45) is 0. The minimum absolute atomic E-state index is 0.963. The van der Waals surface area contributed by atoms with Crippen LogP contribution in [0.3, 0.4) is 0 Å². The van der Waals surface area contributed by atoms with Gasteiger partial charge in [0.15, 0.2) is 0 Å². The summed E-state index contributed by atoms with van der Waals surface area (Å²) in [5.41, 5.74) is 2.46. The summed E-state index contributed by atoms with van der Waals surface area (Å²) in [6, 6.07) is 8.39. The maximum absolute atomic E-state index is 3.44. The van der Waals surface area contributed by atoms with E-state index >= 15 is 0 Å². The first-order chi connectivity index (χ1) is 6.77. The molecule has 0 spiro atoms. The summed E-state index contributed by atoms with van der Waals surface area (Å²) in [6.45, 7) is 3.43. The van der Waals surface area contributed by atoms with E-state index in [1.807, 2.05) is 0 Å². The lowest BCUT2D eigenvalue weighted by molar-refractivity contribution is 0.603. The summed E-state index contributed by atoms with van der Waals surface area (Å²) in [4.78, 5) is 4.48. The topological polar surface area (TPSA) is 18.3 Å². The molecule has 2 rings (SSSR count). The molecule has 1 saturated heterocycles. The maximum Gasteiger partial charge on any atom is 0.0679 e. The molecule has 3 heteroatoms. The van der Waals surface area contributed by atoms with E-state index in [1.165, 1.54) is 24.5 Å². The number of para-hydroxylation sites is 2. The first-order valence-electron chi connectivity index (χ1n) is 5.00. The first kappa shape index (κ1) is 9.34. The summed E-state index contributed by atoms with van der Waals surface area (Å²) in [5.74, 6) is 0. The van der Waals surface area contributed by atoms with Gasteiger partial charge in [0.1, 0.15) is 0 Å². The Morgan fingerprint density at radius 1 is 1.29 bits per heavy atom. The van der Waals surface area contributed by atoms with Gasteiger partial charge in [-0.15, -0.1) is 0 Å². The Bertz CT molecular complexity index is 305. The minimum atomic E-state index is 0.963. The molecule has 0 unspecified atom stereocenters. The Balaban J connectivity index is 2.05. The Hall–Kier alpha value is -1.22. The van der Waals surface area contributed by atoms with Crippen molar-refractivity contribution in [2.24, 2.45) is 0 Å². The van der Waals surface area contributed by atoms with E-state index < -0.39 is 0 Å². The highest BCUT2D eigenvalue weighted by Gasteiger charge is 2.16. The molecule has 1 N–H and O–H groups in total. The van der Waals surface area contributed by atoms with Gasteiger partial charge in [-0.25, -0.2) is 0 Å². The van der Waals surface area contributed by atoms with Crippen LogP contribution in [0.5, 0.6) is 0 Å². The third-order valence-electron chi connectivity index (χ3n) is 2.42. The molecule has 1 aliphatic heterocycles. The maximum atomic E-state index is 3.44. The minimum Gasteiger partial charge on any atom is -0.376 e. The number of nitrogens with one attached hydrogen (secondary N) is 1. The van der Waals surface area contributed by atoms with E-state index in [0.29, 0.717) is 0 Å². The van der Waals surface area contributed by atoms with E-state index in [4.69, 9.17) is 0 Å². The first-order valence-corrected chi connectivity index (χ1v) is 5.00. The Labute approximate surface area is 85.3 Å². The fraction of sp³-hybridized carbons (Fsp3) is 0.455. The van der Waals surface area contributed by atoms with Crippen molar-refractivity contribution in [2.45, 2.75) is 0 Å². The summed E-state index contributed by atoms with van der Waals surface area (Å²) < 4.78 is 0. The lowest BCUT2D eigenvalue weighted by atomic mass is 10.2. The molecule has 1 heterocycles. The molecular weight excluding hydrogens is 174 g/mol. The number of nitrogens with zero attached hydrogens (tertiary/aromatic N) is 2. The molecule has 0 aliphatic carbocycles. The zero-order chi connectivity index (χ0) is 9.97. The van der Waals surface area contributed by atoms with Gasteiger partial charge >= 0.3 is 0 Å². The molecule has 0 aromatic heterocycles. The molecule has 3 nitrogen and oxygen atoms in total. The van der Waals surface area contributed by atoms with Gasteiger partial charge in [-0.3, -0.25) is 4.90 Å². The third kappa shape index (κ3) is 2.17. The van der Waals surface area contributed by atoms with Crippen LogP contribution in [0.2, 0.25) is 0 Å². The summed E-state index contributed by atoms with van der Waals surface area (Å²) in [5, 5.41) is 3.44. The van der Waals surface area contributed by atoms with E-state index in [-0.39, 0.29) is 0 Å². The van der Waals surface area contributed by atoms with Gasteiger partial charge in [-0.05, 0) is 12.1 Å². The number of anilines is 2. The Morgan fingerprint density at radius 2 is 2.00 bits per heavy atom. The zero-order valence-electron chi connectivity index (χ0n) is 8.83. The highest BCUT2D eigenvalue weighted by atomic mass is 15.3. The SMILES string of the molecule is CN(C)c1ccccc1NCN1CC1. The second-order valence-corrected chi connectivity index (χ2v) is 3.86. The molecule has 0 radical (unpaired) electrons. The van der Waals surface area contributed by atoms with Crippen LogP contribution in [0.15, 0.2) is 24.3 Å². The van der Waals surface area contributed by atoms with Crippen molar-refractivity contribution in [3.63, 3.8) is 0 Å². The van der Waals surface area contributed by atoms with Crippen molar-refractivity contribution in [1.29, 1.82) is 0 Å². The average Bonchev–Trinajstić information content (AvgIpc) is 2.98. The molecule has 0 amide bonds. The number of benzene rings is 1. The normalized spacial score (nSPS) is 15.3. The molecule has 0 bridgehead atoms. The van der Waals surface area contributed by atoms with E-state index in [1.54, 1.807) is 0 Å². The van der Waals surface area contributed by atoms with Crippen molar-refractivity contribution in [3.05, 3.63) is 24.3 Å². The largest absolute Gasteiger partial charge is 0.376 e. The molecule has 1 aromatic rings. The monoisotopic (exact) mass is 191 g/mol. The predicted octanol–water partition coefficient (Wildman–Crippen LogP) is 1.44. The molecule has 76 valence electrons. The zero-order valence-corrected chi connectivity index (χ0v) is 8.83. The molecule has 14 heavy (non-hydrogen) atoms. The van der Waals surface area contributed by atoms with Gasteiger partial charge in [0.25, 0.3) is 0 Å². The summed E-state index contributed by atoms with van der Waals surface area (Å²) in [7, 11) is 4.13. The van der Waals surface area contributed by atoms with Crippen LogP contribution in [0.25, 0.3) is 0 Å². The smallest absolute Gasteiger partial charge is 0.0679 e. The van der Waals surface area contributed by atoms with E-state index in [2.05, 4.69) is 53.5 Å². The van der Waals surface area contributed by atoms with Crippen LogP contribution in [0.1, 0.15) is 0 Å². The molecular formula is C11H17N3. The highest BCUT2D eigenvalue weighted by molar-refractivity contribution is 5.69. The summed E-state index contributed by atoms with van der Waals surface area (Å²) >= 11 is 0. The van der Waals surface area contributed by atoms with E-state index in [9.17, 15) is 0 Å². The third-order valence-corrected chi connectivity index (χ3v) is 2.42. The predicted molar refractivity (Wildman–Crippen MR) is 60.8 cm³/mol.